The molecule has 2 N–H and O–H groups in total. The molecular formula is C23H27N3O4. The molecule has 158 valence electrons. The second-order valence-electron chi connectivity index (χ2n) is 7.48. The lowest BCUT2D eigenvalue weighted by atomic mass is 9.97. The van der Waals surface area contributed by atoms with Crippen molar-refractivity contribution in [2.75, 3.05) is 30.3 Å². The number of esters is 1. The van der Waals surface area contributed by atoms with Gasteiger partial charge in [-0.1, -0.05) is 36.4 Å². The monoisotopic (exact) mass is 409 g/mol. The Kier molecular flexibility index (Phi) is 7.06. The molecule has 1 saturated heterocycles. The molecule has 2 aromatic rings. The van der Waals surface area contributed by atoms with Gasteiger partial charge in [0.1, 0.15) is 0 Å². The molecule has 0 aromatic heterocycles. The minimum atomic E-state index is -0.394. The van der Waals surface area contributed by atoms with E-state index in [-0.39, 0.29) is 24.5 Å². The van der Waals surface area contributed by atoms with Gasteiger partial charge in [0.25, 0.3) is 5.91 Å². The van der Waals surface area contributed by atoms with Crippen LogP contribution in [0.3, 0.4) is 0 Å². The van der Waals surface area contributed by atoms with Gasteiger partial charge in [-0.05, 0) is 49.9 Å². The highest BCUT2D eigenvalue weighted by Gasteiger charge is 2.28. The van der Waals surface area contributed by atoms with Crippen LogP contribution in [0.25, 0.3) is 0 Å². The number of nitrogens with zero attached hydrogens (tertiary/aromatic N) is 1. The summed E-state index contributed by atoms with van der Waals surface area (Å²) in [5.74, 6) is -1.06. The van der Waals surface area contributed by atoms with Crippen LogP contribution in [-0.4, -0.2) is 42.5 Å². The second kappa shape index (κ2) is 9.91. The number of benzene rings is 2. The molecule has 1 heterocycles. The zero-order chi connectivity index (χ0) is 21.5. The first-order valence-corrected chi connectivity index (χ1v) is 10.1. The molecule has 0 saturated carbocycles. The van der Waals surface area contributed by atoms with E-state index in [0.717, 1.165) is 22.5 Å². The van der Waals surface area contributed by atoms with Gasteiger partial charge in [0.15, 0.2) is 6.61 Å². The van der Waals surface area contributed by atoms with Crippen LogP contribution in [0, 0.1) is 19.8 Å². The molecule has 2 aromatic carbocycles. The predicted octanol–water partition coefficient (Wildman–Crippen LogP) is 3.73. The van der Waals surface area contributed by atoms with E-state index < -0.39 is 5.97 Å². The predicted molar refractivity (Wildman–Crippen MR) is 115 cm³/mol. The van der Waals surface area contributed by atoms with Crippen LogP contribution in [0.15, 0.2) is 48.5 Å². The maximum Gasteiger partial charge on any atom is 0.321 e. The van der Waals surface area contributed by atoms with Gasteiger partial charge in [0, 0.05) is 24.5 Å². The fourth-order valence-electron chi connectivity index (χ4n) is 3.48. The molecule has 0 radical (unpaired) electrons. The lowest BCUT2D eigenvalue weighted by molar-refractivity contribution is -0.152. The number of likely N-dealkylation sites (tertiary alicyclic amines) is 1. The van der Waals surface area contributed by atoms with Crippen molar-refractivity contribution >= 4 is 29.3 Å². The summed E-state index contributed by atoms with van der Waals surface area (Å²) in [6.45, 7) is 4.44. The number of hydrogen-bond acceptors (Lipinski definition) is 4. The first-order valence-electron chi connectivity index (χ1n) is 10.1. The summed E-state index contributed by atoms with van der Waals surface area (Å²) in [6, 6.07) is 14.8. The zero-order valence-electron chi connectivity index (χ0n) is 17.3. The molecule has 7 heteroatoms. The summed E-state index contributed by atoms with van der Waals surface area (Å²) in [5, 5.41) is 5.65. The molecule has 1 aliphatic heterocycles. The minimum absolute atomic E-state index is 0.180. The van der Waals surface area contributed by atoms with E-state index in [1.54, 1.807) is 4.90 Å². The van der Waals surface area contributed by atoms with Gasteiger partial charge in [0.2, 0.25) is 0 Å². The Balaban J connectivity index is 1.42. The van der Waals surface area contributed by atoms with Crippen LogP contribution in [-0.2, 0) is 14.3 Å². The summed E-state index contributed by atoms with van der Waals surface area (Å²) in [4.78, 5) is 38.5. The van der Waals surface area contributed by atoms with Crippen molar-refractivity contribution in [2.24, 2.45) is 5.92 Å². The number of para-hydroxylation sites is 2. The van der Waals surface area contributed by atoms with Gasteiger partial charge in [-0.25, -0.2) is 4.79 Å². The Morgan fingerprint density at radius 1 is 0.933 bits per heavy atom. The maximum atomic E-state index is 12.3. The molecule has 3 amide bonds. The molecule has 0 unspecified atom stereocenters. The average molecular weight is 409 g/mol. The van der Waals surface area contributed by atoms with E-state index >= 15 is 0 Å². The summed E-state index contributed by atoms with van der Waals surface area (Å²) in [7, 11) is 0. The lowest BCUT2D eigenvalue weighted by Crippen LogP contribution is -2.43. The van der Waals surface area contributed by atoms with Crippen LogP contribution in [0.1, 0.15) is 24.0 Å². The fraction of sp³-hybridized carbons (Fsp3) is 0.348. The molecule has 0 aliphatic carbocycles. The van der Waals surface area contributed by atoms with Gasteiger partial charge < -0.3 is 20.3 Å². The third-order valence-corrected chi connectivity index (χ3v) is 5.23. The topological polar surface area (TPSA) is 87.7 Å². The number of aryl methyl sites for hydroxylation is 2. The summed E-state index contributed by atoms with van der Waals surface area (Å²) in [6.07, 6.45) is 1.03. The highest BCUT2D eigenvalue weighted by molar-refractivity contribution is 5.94. The number of hydrogen-bond donors (Lipinski definition) is 2. The van der Waals surface area contributed by atoms with Crippen molar-refractivity contribution in [2.45, 2.75) is 26.7 Å². The van der Waals surface area contributed by atoms with Gasteiger partial charge in [-0.15, -0.1) is 0 Å². The molecular weight excluding hydrogens is 382 g/mol. The smallest absolute Gasteiger partial charge is 0.321 e. The van der Waals surface area contributed by atoms with E-state index in [1.807, 2.05) is 62.4 Å². The first-order chi connectivity index (χ1) is 14.4. The first kappa shape index (κ1) is 21.4. The number of carbonyl (C=O) groups excluding carboxylic acids is 3. The van der Waals surface area contributed by atoms with Crippen LogP contribution >= 0.6 is 0 Å². The SMILES string of the molecule is Cc1cccc(C)c1NC(=O)COC(=O)C1CCN(C(=O)Nc2ccccc2)CC1. The van der Waals surface area contributed by atoms with Crippen LogP contribution in [0.5, 0.6) is 0 Å². The zero-order valence-corrected chi connectivity index (χ0v) is 17.3. The second-order valence-corrected chi connectivity index (χ2v) is 7.48. The number of nitrogens with one attached hydrogen (secondary N) is 2. The molecule has 1 fully saturated rings. The number of piperidine rings is 1. The van der Waals surface area contributed by atoms with Gasteiger partial charge in [-0.2, -0.15) is 0 Å². The van der Waals surface area contributed by atoms with Crippen molar-refractivity contribution in [3.63, 3.8) is 0 Å². The Labute approximate surface area is 176 Å². The standard InChI is InChI=1S/C23H27N3O4/c1-16-7-6-8-17(2)21(16)25-20(27)15-30-22(28)18-11-13-26(14-12-18)23(29)24-19-9-4-3-5-10-19/h3-10,18H,11-15H2,1-2H3,(H,24,29)(H,25,27). The number of anilines is 2. The Morgan fingerprint density at radius 2 is 1.57 bits per heavy atom. The van der Waals surface area contributed by atoms with Crippen molar-refractivity contribution in [3.05, 3.63) is 59.7 Å². The maximum absolute atomic E-state index is 12.3. The molecule has 0 bridgehead atoms. The Hall–Kier alpha value is -3.35. The summed E-state index contributed by atoms with van der Waals surface area (Å²) >= 11 is 0. The van der Waals surface area contributed by atoms with E-state index in [2.05, 4.69) is 10.6 Å². The third kappa shape index (κ3) is 5.59. The largest absolute Gasteiger partial charge is 0.455 e. The lowest BCUT2D eigenvalue weighted by Gasteiger charge is -2.30. The number of amides is 3. The van der Waals surface area contributed by atoms with Gasteiger partial charge in [0.05, 0.1) is 5.92 Å². The molecule has 7 nitrogen and oxygen atoms in total. The molecule has 3 rings (SSSR count). The van der Waals surface area contributed by atoms with Gasteiger partial charge in [-0.3, -0.25) is 9.59 Å². The van der Waals surface area contributed by atoms with E-state index in [1.165, 1.54) is 0 Å². The van der Waals surface area contributed by atoms with Crippen molar-refractivity contribution < 1.29 is 19.1 Å². The Bertz CT molecular complexity index is 886. The highest BCUT2D eigenvalue weighted by atomic mass is 16.5. The number of carbonyl (C=O) groups is 3. The molecule has 0 atom stereocenters. The summed E-state index contributed by atoms with van der Waals surface area (Å²) in [5.41, 5.74) is 3.39. The molecule has 0 spiro atoms. The fourth-order valence-corrected chi connectivity index (χ4v) is 3.48. The van der Waals surface area contributed by atoms with Crippen molar-refractivity contribution in [1.82, 2.24) is 4.90 Å². The van der Waals surface area contributed by atoms with E-state index in [9.17, 15) is 14.4 Å². The molecule has 30 heavy (non-hydrogen) atoms. The average Bonchev–Trinajstić information content (AvgIpc) is 2.75. The van der Waals surface area contributed by atoms with Crippen molar-refractivity contribution in [3.8, 4) is 0 Å². The van der Waals surface area contributed by atoms with Crippen LogP contribution < -0.4 is 10.6 Å². The number of urea groups is 1. The third-order valence-electron chi connectivity index (χ3n) is 5.23. The highest BCUT2D eigenvalue weighted by Crippen LogP contribution is 2.21. The normalized spacial score (nSPS) is 14.1. The van der Waals surface area contributed by atoms with Crippen molar-refractivity contribution in [1.29, 1.82) is 0 Å². The van der Waals surface area contributed by atoms with E-state index in [4.69, 9.17) is 4.74 Å². The van der Waals surface area contributed by atoms with Gasteiger partial charge >= 0.3 is 12.0 Å². The summed E-state index contributed by atoms with van der Waals surface area (Å²) < 4.78 is 5.22. The number of ether oxygens (including phenoxy) is 1. The Morgan fingerprint density at radius 3 is 2.20 bits per heavy atom. The van der Waals surface area contributed by atoms with E-state index in [0.29, 0.717) is 25.9 Å². The molecule has 1 aliphatic rings. The van der Waals surface area contributed by atoms with Crippen LogP contribution in [0.2, 0.25) is 0 Å². The number of rotatable bonds is 5. The quantitative estimate of drug-likeness (QED) is 0.737. The van der Waals surface area contributed by atoms with Crippen LogP contribution in [0.4, 0.5) is 16.2 Å². The minimum Gasteiger partial charge on any atom is -0.455 e.